The normalized spacial score (nSPS) is 15.1. The van der Waals surface area contributed by atoms with Gasteiger partial charge >= 0.3 is 0 Å². The summed E-state index contributed by atoms with van der Waals surface area (Å²) < 4.78 is 5.11. The van der Waals surface area contributed by atoms with Gasteiger partial charge in [0.05, 0.1) is 12.5 Å². The number of rotatable bonds is 7. The van der Waals surface area contributed by atoms with Crippen molar-refractivity contribution in [2.24, 2.45) is 5.92 Å². The highest BCUT2D eigenvalue weighted by Crippen LogP contribution is 2.14. The Hall–Kier alpha value is -0.760. The fourth-order valence-electron chi connectivity index (χ4n) is 1.75. The summed E-state index contributed by atoms with van der Waals surface area (Å²) >= 11 is 0. The molecular weight excluding hydrogens is 186 g/mol. The SMILES string of the molecule is CCCNC(Cc1ccoc1)C(C)CC. The van der Waals surface area contributed by atoms with E-state index in [0.717, 1.165) is 13.0 Å². The Morgan fingerprint density at radius 1 is 1.40 bits per heavy atom. The zero-order valence-corrected chi connectivity index (χ0v) is 10.1. The predicted octanol–water partition coefficient (Wildman–Crippen LogP) is 3.24. The third kappa shape index (κ3) is 4.08. The Morgan fingerprint density at radius 3 is 2.73 bits per heavy atom. The maximum Gasteiger partial charge on any atom is 0.0935 e. The van der Waals surface area contributed by atoms with Gasteiger partial charge < -0.3 is 9.73 Å². The highest BCUT2D eigenvalue weighted by atomic mass is 16.3. The van der Waals surface area contributed by atoms with E-state index in [0.29, 0.717) is 12.0 Å². The van der Waals surface area contributed by atoms with Crippen LogP contribution in [0.4, 0.5) is 0 Å². The lowest BCUT2D eigenvalue weighted by Crippen LogP contribution is -2.37. The molecule has 0 bridgehead atoms. The summed E-state index contributed by atoms with van der Waals surface area (Å²) in [5.74, 6) is 0.714. The standard InChI is InChI=1S/C13H23NO/c1-4-7-14-13(11(3)5-2)9-12-6-8-15-10-12/h6,8,10-11,13-14H,4-5,7,9H2,1-3H3. The molecule has 0 radical (unpaired) electrons. The van der Waals surface area contributed by atoms with E-state index in [1.165, 1.54) is 18.4 Å². The molecule has 0 saturated carbocycles. The third-order valence-electron chi connectivity index (χ3n) is 3.02. The first-order chi connectivity index (χ1) is 7.27. The van der Waals surface area contributed by atoms with Crippen molar-refractivity contribution in [3.63, 3.8) is 0 Å². The molecule has 0 spiro atoms. The second-order valence-electron chi connectivity index (χ2n) is 4.28. The summed E-state index contributed by atoms with van der Waals surface area (Å²) in [4.78, 5) is 0. The van der Waals surface area contributed by atoms with Crippen molar-refractivity contribution >= 4 is 0 Å². The molecule has 0 aromatic carbocycles. The monoisotopic (exact) mass is 209 g/mol. The van der Waals surface area contributed by atoms with Crippen LogP contribution < -0.4 is 5.32 Å². The second-order valence-corrected chi connectivity index (χ2v) is 4.28. The molecule has 15 heavy (non-hydrogen) atoms. The molecule has 2 unspecified atom stereocenters. The Kier molecular flexibility index (Phi) is 5.48. The molecular formula is C13H23NO. The molecule has 0 aliphatic heterocycles. The van der Waals surface area contributed by atoms with Crippen LogP contribution in [0.2, 0.25) is 0 Å². The lowest BCUT2D eigenvalue weighted by molar-refractivity contribution is 0.364. The van der Waals surface area contributed by atoms with E-state index >= 15 is 0 Å². The largest absolute Gasteiger partial charge is 0.472 e. The third-order valence-corrected chi connectivity index (χ3v) is 3.02. The molecule has 1 aromatic rings. The first-order valence-corrected chi connectivity index (χ1v) is 6.02. The maximum absolute atomic E-state index is 5.11. The summed E-state index contributed by atoms with van der Waals surface area (Å²) in [6, 6.07) is 2.63. The van der Waals surface area contributed by atoms with Gasteiger partial charge in [0.1, 0.15) is 0 Å². The van der Waals surface area contributed by atoms with Gasteiger partial charge in [0.2, 0.25) is 0 Å². The van der Waals surface area contributed by atoms with Gasteiger partial charge in [-0.3, -0.25) is 0 Å². The summed E-state index contributed by atoms with van der Waals surface area (Å²) in [6.07, 6.45) is 7.09. The number of hydrogen-bond donors (Lipinski definition) is 1. The van der Waals surface area contributed by atoms with Gasteiger partial charge in [-0.25, -0.2) is 0 Å². The first kappa shape index (κ1) is 12.3. The molecule has 0 fully saturated rings. The highest BCUT2D eigenvalue weighted by molar-refractivity contribution is 5.07. The van der Waals surface area contributed by atoms with Gasteiger partial charge in [-0.1, -0.05) is 27.2 Å². The topological polar surface area (TPSA) is 25.2 Å². The number of nitrogens with one attached hydrogen (secondary N) is 1. The highest BCUT2D eigenvalue weighted by Gasteiger charge is 2.15. The van der Waals surface area contributed by atoms with Gasteiger partial charge in [0.15, 0.2) is 0 Å². The average molecular weight is 209 g/mol. The van der Waals surface area contributed by atoms with Crippen molar-refractivity contribution in [2.45, 2.75) is 46.1 Å². The quantitative estimate of drug-likeness (QED) is 0.745. The number of hydrogen-bond acceptors (Lipinski definition) is 2. The van der Waals surface area contributed by atoms with Crippen LogP contribution in [-0.2, 0) is 6.42 Å². The minimum Gasteiger partial charge on any atom is -0.472 e. The molecule has 1 aromatic heterocycles. The van der Waals surface area contributed by atoms with Crippen LogP contribution in [0.3, 0.4) is 0 Å². The maximum atomic E-state index is 5.11. The van der Waals surface area contributed by atoms with Crippen molar-refractivity contribution in [1.82, 2.24) is 5.32 Å². The molecule has 0 amide bonds. The van der Waals surface area contributed by atoms with Crippen molar-refractivity contribution < 1.29 is 4.42 Å². The Morgan fingerprint density at radius 2 is 2.20 bits per heavy atom. The van der Waals surface area contributed by atoms with Crippen LogP contribution >= 0.6 is 0 Å². The fourth-order valence-corrected chi connectivity index (χ4v) is 1.75. The molecule has 0 aliphatic carbocycles. The van der Waals surface area contributed by atoms with Gasteiger partial charge in [-0.2, -0.15) is 0 Å². The smallest absolute Gasteiger partial charge is 0.0935 e. The predicted molar refractivity (Wildman–Crippen MR) is 63.9 cm³/mol. The van der Waals surface area contributed by atoms with Crippen molar-refractivity contribution in [3.05, 3.63) is 24.2 Å². The minimum atomic E-state index is 0.576. The van der Waals surface area contributed by atoms with E-state index in [4.69, 9.17) is 4.42 Å². The van der Waals surface area contributed by atoms with E-state index in [2.05, 4.69) is 32.2 Å². The molecule has 2 nitrogen and oxygen atoms in total. The van der Waals surface area contributed by atoms with E-state index in [-0.39, 0.29) is 0 Å². The van der Waals surface area contributed by atoms with Gasteiger partial charge in [0, 0.05) is 6.04 Å². The van der Waals surface area contributed by atoms with E-state index in [9.17, 15) is 0 Å². The van der Waals surface area contributed by atoms with Gasteiger partial charge in [-0.05, 0) is 36.9 Å². The molecule has 1 rings (SSSR count). The summed E-state index contributed by atoms with van der Waals surface area (Å²) in [5, 5.41) is 3.62. The van der Waals surface area contributed by atoms with Crippen LogP contribution in [0.25, 0.3) is 0 Å². The number of furan rings is 1. The Balaban J connectivity index is 2.48. The fraction of sp³-hybridized carbons (Fsp3) is 0.692. The minimum absolute atomic E-state index is 0.576. The van der Waals surface area contributed by atoms with Crippen molar-refractivity contribution in [1.29, 1.82) is 0 Å². The van der Waals surface area contributed by atoms with Crippen LogP contribution in [0, 0.1) is 5.92 Å². The van der Waals surface area contributed by atoms with Crippen LogP contribution in [-0.4, -0.2) is 12.6 Å². The molecule has 1 heterocycles. The molecule has 0 aliphatic rings. The lowest BCUT2D eigenvalue weighted by atomic mass is 9.94. The van der Waals surface area contributed by atoms with Gasteiger partial charge in [0.25, 0.3) is 0 Å². The summed E-state index contributed by atoms with van der Waals surface area (Å²) in [5.41, 5.74) is 1.30. The lowest BCUT2D eigenvalue weighted by Gasteiger charge is -2.23. The van der Waals surface area contributed by atoms with Crippen LogP contribution in [0.1, 0.15) is 39.2 Å². The zero-order chi connectivity index (χ0) is 11.1. The second kappa shape index (κ2) is 6.67. The molecule has 86 valence electrons. The zero-order valence-electron chi connectivity index (χ0n) is 10.1. The summed E-state index contributed by atoms with van der Waals surface area (Å²) in [7, 11) is 0. The Labute approximate surface area is 93.1 Å². The molecule has 2 atom stereocenters. The average Bonchev–Trinajstić information content (AvgIpc) is 2.75. The summed E-state index contributed by atoms with van der Waals surface area (Å²) in [6.45, 7) is 7.87. The molecule has 0 saturated heterocycles. The van der Waals surface area contributed by atoms with Crippen LogP contribution in [0.15, 0.2) is 23.0 Å². The van der Waals surface area contributed by atoms with E-state index in [1.807, 2.05) is 6.26 Å². The van der Waals surface area contributed by atoms with E-state index < -0.39 is 0 Å². The van der Waals surface area contributed by atoms with Crippen LogP contribution in [0.5, 0.6) is 0 Å². The van der Waals surface area contributed by atoms with Crippen molar-refractivity contribution in [3.8, 4) is 0 Å². The van der Waals surface area contributed by atoms with Crippen molar-refractivity contribution in [2.75, 3.05) is 6.54 Å². The molecule has 1 N–H and O–H groups in total. The van der Waals surface area contributed by atoms with E-state index in [1.54, 1.807) is 6.26 Å². The molecule has 2 heteroatoms. The first-order valence-electron chi connectivity index (χ1n) is 6.02. The Bertz CT molecular complexity index is 243. The van der Waals surface area contributed by atoms with Gasteiger partial charge in [-0.15, -0.1) is 0 Å².